The lowest BCUT2D eigenvalue weighted by Gasteiger charge is -2.25. The van der Waals surface area contributed by atoms with Crippen LogP contribution in [0, 0.1) is 0 Å². The quantitative estimate of drug-likeness (QED) is 0.429. The van der Waals surface area contributed by atoms with Crippen molar-refractivity contribution in [3.8, 4) is 23.0 Å². The Morgan fingerprint density at radius 2 is 1.52 bits per heavy atom. The van der Waals surface area contributed by atoms with E-state index in [1.165, 1.54) is 11.8 Å². The number of hydrogen-bond acceptors (Lipinski definition) is 6. The predicted octanol–water partition coefficient (Wildman–Crippen LogP) is 5.54. The van der Waals surface area contributed by atoms with Crippen molar-refractivity contribution in [1.82, 2.24) is 0 Å². The van der Waals surface area contributed by atoms with Gasteiger partial charge in [-0.15, -0.1) is 0 Å². The summed E-state index contributed by atoms with van der Waals surface area (Å²) in [4.78, 5) is 16.0. The SMILES string of the molecule is COc1cccc(N2C(=O)C(=Cc3ccccc3)SC2c2cc(OC)c(OC)c(OC)c2)c1. The maximum absolute atomic E-state index is 13.6. The number of anilines is 1. The van der Waals surface area contributed by atoms with E-state index in [-0.39, 0.29) is 11.3 Å². The van der Waals surface area contributed by atoms with Crippen molar-refractivity contribution in [2.24, 2.45) is 0 Å². The molecule has 1 atom stereocenters. The smallest absolute Gasteiger partial charge is 0.266 e. The minimum atomic E-state index is -0.340. The number of carbonyl (C=O) groups is 1. The van der Waals surface area contributed by atoms with Crippen molar-refractivity contribution >= 4 is 29.4 Å². The molecule has 1 aliphatic rings. The van der Waals surface area contributed by atoms with Crippen LogP contribution in [0.15, 0.2) is 71.6 Å². The van der Waals surface area contributed by atoms with Gasteiger partial charge in [0, 0.05) is 11.8 Å². The zero-order chi connectivity index (χ0) is 23.4. The Morgan fingerprint density at radius 1 is 0.818 bits per heavy atom. The number of carbonyl (C=O) groups excluding carboxylic acids is 1. The van der Waals surface area contributed by atoms with Crippen molar-refractivity contribution < 1.29 is 23.7 Å². The summed E-state index contributed by atoms with van der Waals surface area (Å²) in [6.07, 6.45) is 1.91. The van der Waals surface area contributed by atoms with Crippen LogP contribution in [0.3, 0.4) is 0 Å². The van der Waals surface area contributed by atoms with Crippen LogP contribution in [0.5, 0.6) is 23.0 Å². The highest BCUT2D eigenvalue weighted by atomic mass is 32.2. The maximum Gasteiger partial charge on any atom is 0.266 e. The molecule has 1 unspecified atom stereocenters. The number of thioether (sulfide) groups is 1. The van der Waals surface area contributed by atoms with Crippen LogP contribution in [-0.2, 0) is 4.79 Å². The van der Waals surface area contributed by atoms with Crippen LogP contribution in [0.4, 0.5) is 5.69 Å². The van der Waals surface area contributed by atoms with Gasteiger partial charge in [-0.1, -0.05) is 48.2 Å². The fraction of sp³-hybridized carbons (Fsp3) is 0.192. The second-order valence-electron chi connectivity index (χ2n) is 7.22. The van der Waals surface area contributed by atoms with Gasteiger partial charge in [0.15, 0.2) is 11.5 Å². The summed E-state index contributed by atoms with van der Waals surface area (Å²) in [5.74, 6) is 2.16. The van der Waals surface area contributed by atoms with Gasteiger partial charge < -0.3 is 18.9 Å². The average Bonchev–Trinajstić information content (AvgIpc) is 3.19. The number of benzene rings is 3. The Hall–Kier alpha value is -3.58. The van der Waals surface area contributed by atoms with Crippen LogP contribution in [0.2, 0.25) is 0 Å². The van der Waals surface area contributed by atoms with E-state index >= 15 is 0 Å². The van der Waals surface area contributed by atoms with Crippen molar-refractivity contribution in [2.45, 2.75) is 5.37 Å². The predicted molar refractivity (Wildman–Crippen MR) is 131 cm³/mol. The van der Waals surface area contributed by atoms with Gasteiger partial charge in [0.1, 0.15) is 11.1 Å². The average molecular weight is 464 g/mol. The molecule has 0 spiro atoms. The van der Waals surface area contributed by atoms with E-state index in [0.29, 0.717) is 27.9 Å². The minimum Gasteiger partial charge on any atom is -0.497 e. The number of nitrogens with zero attached hydrogens (tertiary/aromatic N) is 1. The van der Waals surface area contributed by atoms with Crippen LogP contribution in [0.25, 0.3) is 6.08 Å². The van der Waals surface area contributed by atoms with E-state index in [2.05, 4.69) is 0 Å². The molecular formula is C26H25NO5S. The molecule has 33 heavy (non-hydrogen) atoms. The molecule has 0 radical (unpaired) electrons. The maximum atomic E-state index is 13.6. The molecule has 1 heterocycles. The van der Waals surface area contributed by atoms with Gasteiger partial charge >= 0.3 is 0 Å². The molecule has 0 aliphatic carbocycles. The summed E-state index contributed by atoms with van der Waals surface area (Å²) in [6, 6.07) is 21.0. The van der Waals surface area contributed by atoms with Gasteiger partial charge in [-0.25, -0.2) is 0 Å². The van der Waals surface area contributed by atoms with E-state index < -0.39 is 0 Å². The molecule has 1 fully saturated rings. The molecule has 1 aliphatic heterocycles. The number of rotatable bonds is 7. The van der Waals surface area contributed by atoms with Crippen LogP contribution >= 0.6 is 11.8 Å². The molecule has 0 bridgehead atoms. The summed E-state index contributed by atoms with van der Waals surface area (Å²) in [6.45, 7) is 0. The molecule has 0 N–H and O–H groups in total. The summed E-state index contributed by atoms with van der Waals surface area (Å²) < 4.78 is 22.0. The molecule has 0 saturated carbocycles. The zero-order valence-corrected chi connectivity index (χ0v) is 19.7. The standard InChI is InChI=1S/C26H25NO5S/c1-29-20-12-8-11-19(16-20)27-25(28)23(13-17-9-6-5-7-10-17)33-26(27)18-14-21(30-2)24(32-4)22(15-18)31-3/h5-16,26H,1-4H3. The normalized spacial score (nSPS) is 16.7. The van der Waals surface area contributed by atoms with Crippen LogP contribution in [0.1, 0.15) is 16.5 Å². The summed E-state index contributed by atoms with van der Waals surface area (Å²) in [5, 5.41) is -0.340. The molecule has 7 heteroatoms. The van der Waals surface area contributed by atoms with Gasteiger partial charge in [-0.3, -0.25) is 9.69 Å². The minimum absolute atomic E-state index is 0.0872. The fourth-order valence-electron chi connectivity index (χ4n) is 3.72. The number of hydrogen-bond donors (Lipinski definition) is 0. The van der Waals surface area contributed by atoms with Crippen molar-refractivity contribution in [3.05, 3.63) is 82.8 Å². The highest BCUT2D eigenvalue weighted by Gasteiger charge is 2.39. The van der Waals surface area contributed by atoms with Crippen molar-refractivity contribution in [1.29, 1.82) is 0 Å². The number of methoxy groups -OCH3 is 4. The fourth-order valence-corrected chi connectivity index (χ4v) is 4.96. The Bertz CT molecular complexity index is 1150. The number of ether oxygens (including phenoxy) is 4. The van der Waals surface area contributed by atoms with E-state index in [9.17, 15) is 4.79 Å². The van der Waals surface area contributed by atoms with Gasteiger partial charge in [0.05, 0.1) is 33.3 Å². The van der Waals surface area contributed by atoms with E-state index in [4.69, 9.17) is 18.9 Å². The highest BCUT2D eigenvalue weighted by Crippen LogP contribution is 2.51. The molecule has 6 nitrogen and oxygen atoms in total. The van der Waals surface area contributed by atoms with Gasteiger partial charge in [0.25, 0.3) is 5.91 Å². The first-order valence-corrected chi connectivity index (χ1v) is 11.2. The zero-order valence-electron chi connectivity index (χ0n) is 18.9. The topological polar surface area (TPSA) is 57.2 Å². The lowest BCUT2D eigenvalue weighted by Crippen LogP contribution is -2.27. The highest BCUT2D eigenvalue weighted by molar-refractivity contribution is 8.05. The van der Waals surface area contributed by atoms with Crippen molar-refractivity contribution in [3.63, 3.8) is 0 Å². The van der Waals surface area contributed by atoms with E-state index in [1.54, 1.807) is 33.3 Å². The third kappa shape index (κ3) is 4.50. The van der Waals surface area contributed by atoms with E-state index in [0.717, 1.165) is 16.8 Å². The van der Waals surface area contributed by atoms with Gasteiger partial charge in [-0.2, -0.15) is 0 Å². The molecule has 3 aromatic rings. The number of amides is 1. The molecule has 4 rings (SSSR count). The molecule has 3 aromatic carbocycles. The largest absolute Gasteiger partial charge is 0.497 e. The molecular weight excluding hydrogens is 438 g/mol. The Balaban J connectivity index is 1.85. The third-order valence-electron chi connectivity index (χ3n) is 5.30. The summed E-state index contributed by atoms with van der Waals surface area (Å²) in [7, 11) is 6.33. The molecule has 1 saturated heterocycles. The summed E-state index contributed by atoms with van der Waals surface area (Å²) >= 11 is 1.48. The third-order valence-corrected chi connectivity index (χ3v) is 6.56. The molecule has 1 amide bonds. The van der Waals surface area contributed by atoms with E-state index in [1.807, 2.05) is 72.8 Å². The van der Waals surface area contributed by atoms with Crippen LogP contribution < -0.4 is 23.8 Å². The van der Waals surface area contributed by atoms with Gasteiger partial charge in [0.2, 0.25) is 5.75 Å². The first kappa shape index (κ1) is 22.6. The van der Waals surface area contributed by atoms with Crippen LogP contribution in [-0.4, -0.2) is 34.3 Å². The second-order valence-corrected chi connectivity index (χ2v) is 8.35. The lowest BCUT2D eigenvalue weighted by atomic mass is 10.1. The summed E-state index contributed by atoms with van der Waals surface area (Å²) in [5.41, 5.74) is 2.55. The Kier molecular flexibility index (Phi) is 6.79. The first-order valence-electron chi connectivity index (χ1n) is 10.3. The second kappa shape index (κ2) is 9.92. The molecule has 0 aromatic heterocycles. The Labute approximate surface area is 197 Å². The van der Waals surface area contributed by atoms with Crippen molar-refractivity contribution in [2.75, 3.05) is 33.3 Å². The Morgan fingerprint density at radius 3 is 2.12 bits per heavy atom. The lowest BCUT2D eigenvalue weighted by molar-refractivity contribution is -0.114. The molecule has 170 valence electrons. The first-order chi connectivity index (χ1) is 16.1. The van der Waals surface area contributed by atoms with Gasteiger partial charge in [-0.05, 0) is 41.5 Å². The monoisotopic (exact) mass is 463 g/mol.